The Labute approximate surface area is 260 Å². The van der Waals surface area contributed by atoms with Crippen molar-refractivity contribution in [2.75, 3.05) is 30.9 Å². The molecule has 2 N–H and O–H groups in total. The fourth-order valence-corrected chi connectivity index (χ4v) is 4.93. The van der Waals surface area contributed by atoms with Crippen LogP contribution in [0.25, 0.3) is 0 Å². The van der Waals surface area contributed by atoms with Crippen LogP contribution in [0.1, 0.15) is 56.4 Å². The predicted octanol–water partition coefficient (Wildman–Crippen LogP) is 6.89. The quantitative estimate of drug-likeness (QED) is 0.214. The average molecular weight is 611 g/mol. The third kappa shape index (κ3) is 7.25. The lowest BCUT2D eigenvalue weighted by Gasteiger charge is -2.24. The van der Waals surface area contributed by atoms with Gasteiger partial charge in [-0.25, -0.2) is 5.01 Å². The van der Waals surface area contributed by atoms with Crippen LogP contribution in [0.5, 0.6) is 11.5 Å². The van der Waals surface area contributed by atoms with Crippen molar-refractivity contribution in [1.82, 2.24) is 5.01 Å². The molecular weight excluding hydrogens is 580 g/mol. The first-order valence-corrected chi connectivity index (χ1v) is 14.5. The number of carbonyl (C=O) groups is 3. The number of methoxy groups -OCH3 is 1. The van der Waals surface area contributed by atoms with Gasteiger partial charge in [0.25, 0.3) is 17.7 Å². The van der Waals surface area contributed by atoms with E-state index < -0.39 is 0 Å². The molecule has 0 radical (unpaired) electrons. The number of nitrogens with one attached hydrogen (secondary N) is 2. The minimum absolute atomic E-state index is 0.234. The van der Waals surface area contributed by atoms with E-state index in [9.17, 15) is 14.4 Å². The summed E-state index contributed by atoms with van der Waals surface area (Å²) in [6.45, 7) is 2.91. The molecule has 0 atom stereocenters. The molecule has 1 aliphatic heterocycles. The number of hydrogen-bond acceptors (Lipinski definition) is 6. The molecule has 4 aromatic carbocycles. The van der Waals surface area contributed by atoms with Gasteiger partial charge in [0, 0.05) is 45.2 Å². The molecular formula is C34H31ClN4O5. The number of nitrogens with zero attached hydrogens (tertiary/aromatic N) is 2. The Bertz CT molecular complexity index is 1720. The van der Waals surface area contributed by atoms with Crippen molar-refractivity contribution in [1.29, 1.82) is 0 Å². The van der Waals surface area contributed by atoms with E-state index >= 15 is 0 Å². The van der Waals surface area contributed by atoms with E-state index in [2.05, 4.69) is 15.7 Å². The molecule has 0 fully saturated rings. The number of benzene rings is 4. The lowest BCUT2D eigenvalue weighted by molar-refractivity contribution is 0.0751. The van der Waals surface area contributed by atoms with Crippen LogP contribution >= 0.6 is 11.6 Å². The van der Waals surface area contributed by atoms with E-state index in [0.29, 0.717) is 57.7 Å². The molecule has 0 unspecified atom stereocenters. The highest BCUT2D eigenvalue weighted by atomic mass is 35.5. The summed E-state index contributed by atoms with van der Waals surface area (Å²) in [5, 5.41) is 12.2. The first-order valence-electron chi connectivity index (χ1n) is 14.1. The van der Waals surface area contributed by atoms with Crippen molar-refractivity contribution in [3.8, 4) is 11.5 Å². The Morgan fingerprint density at radius 3 is 2.23 bits per heavy atom. The summed E-state index contributed by atoms with van der Waals surface area (Å²) in [6, 6.07) is 25.5. The van der Waals surface area contributed by atoms with Crippen molar-refractivity contribution in [3.05, 3.63) is 118 Å². The lowest BCUT2D eigenvalue weighted by atomic mass is 10.0. The van der Waals surface area contributed by atoms with Gasteiger partial charge in [-0.3, -0.25) is 14.4 Å². The lowest BCUT2D eigenvalue weighted by Crippen LogP contribution is -2.32. The zero-order valence-electron chi connectivity index (χ0n) is 24.3. The minimum atomic E-state index is -0.362. The van der Waals surface area contributed by atoms with Crippen LogP contribution in [0.3, 0.4) is 0 Å². The summed E-state index contributed by atoms with van der Waals surface area (Å²) in [6.07, 6.45) is 1.51. The molecule has 5 rings (SSSR count). The van der Waals surface area contributed by atoms with Crippen LogP contribution in [-0.2, 0) is 0 Å². The molecule has 0 aromatic heterocycles. The summed E-state index contributed by atoms with van der Waals surface area (Å²) < 4.78 is 11.1. The van der Waals surface area contributed by atoms with Crippen molar-refractivity contribution >= 4 is 46.4 Å². The van der Waals surface area contributed by atoms with Gasteiger partial charge in [-0.1, -0.05) is 23.7 Å². The summed E-state index contributed by atoms with van der Waals surface area (Å²) in [5.41, 5.74) is 3.86. The van der Waals surface area contributed by atoms with Gasteiger partial charge in [-0.05, 0) is 98.6 Å². The molecule has 44 heavy (non-hydrogen) atoms. The van der Waals surface area contributed by atoms with Crippen LogP contribution < -0.4 is 20.1 Å². The third-order valence-corrected chi connectivity index (χ3v) is 7.15. The number of carbonyl (C=O) groups excluding carboxylic acids is 3. The third-order valence-electron chi connectivity index (χ3n) is 6.92. The normalized spacial score (nSPS) is 12.6. The maximum absolute atomic E-state index is 13.3. The van der Waals surface area contributed by atoms with Gasteiger partial charge in [0.2, 0.25) is 0 Å². The number of amides is 3. The second kappa shape index (κ2) is 13.9. The Morgan fingerprint density at radius 1 is 0.818 bits per heavy atom. The average Bonchev–Trinajstić information content (AvgIpc) is 3.05. The van der Waals surface area contributed by atoms with Crippen molar-refractivity contribution < 1.29 is 23.9 Å². The zero-order chi connectivity index (χ0) is 31.1. The first kappa shape index (κ1) is 30.3. The fraction of sp³-hybridized carbons (Fsp3) is 0.176. The molecule has 9 nitrogen and oxygen atoms in total. The highest BCUT2D eigenvalue weighted by molar-refractivity contribution is 6.31. The molecule has 0 saturated heterocycles. The standard InChI is InChI=1S/C34H31ClN4O5/c1-3-44-31-21-23(14-17-30(31)43-2)29-11-6-18-39(38-29)34(42)22-12-15-27(16-13-22)36-33(41)25-8-5-10-28(20-25)37-32(40)24-7-4-9-26(35)19-24/h4-5,7-10,12-17,19-21H,3,6,11,18H2,1-2H3,(H,36,41)(H,37,40). The molecule has 1 heterocycles. The highest BCUT2D eigenvalue weighted by Crippen LogP contribution is 2.30. The molecule has 3 amide bonds. The number of ether oxygens (including phenoxy) is 2. The van der Waals surface area contributed by atoms with Gasteiger partial charge < -0.3 is 20.1 Å². The second-order valence-electron chi connectivity index (χ2n) is 9.95. The van der Waals surface area contributed by atoms with Crippen LogP contribution in [-0.4, -0.2) is 48.7 Å². The Hall–Kier alpha value is -5.15. The highest BCUT2D eigenvalue weighted by Gasteiger charge is 2.22. The molecule has 1 aliphatic rings. The van der Waals surface area contributed by atoms with E-state index in [1.165, 1.54) is 5.01 Å². The van der Waals surface area contributed by atoms with E-state index in [-0.39, 0.29) is 17.7 Å². The van der Waals surface area contributed by atoms with Gasteiger partial charge in [-0.15, -0.1) is 0 Å². The van der Waals surface area contributed by atoms with Gasteiger partial charge in [0.15, 0.2) is 11.5 Å². The van der Waals surface area contributed by atoms with Gasteiger partial charge in [-0.2, -0.15) is 5.10 Å². The number of hydrogen-bond donors (Lipinski definition) is 2. The molecule has 0 saturated carbocycles. The largest absolute Gasteiger partial charge is 0.493 e. The minimum Gasteiger partial charge on any atom is -0.493 e. The molecule has 10 heteroatoms. The summed E-state index contributed by atoms with van der Waals surface area (Å²) in [4.78, 5) is 38.8. The number of anilines is 2. The topological polar surface area (TPSA) is 109 Å². The Morgan fingerprint density at radius 2 is 1.52 bits per heavy atom. The molecule has 0 aliphatic carbocycles. The van der Waals surface area contributed by atoms with E-state index in [1.54, 1.807) is 79.9 Å². The number of halogens is 1. The SMILES string of the molecule is CCOc1cc(C2=NN(C(=O)c3ccc(NC(=O)c4cccc(NC(=O)c5cccc(Cl)c5)c4)cc3)CCC2)ccc1OC. The molecule has 0 spiro atoms. The number of hydrazone groups is 1. The predicted molar refractivity (Wildman–Crippen MR) is 171 cm³/mol. The molecule has 224 valence electrons. The van der Waals surface area contributed by atoms with E-state index in [4.69, 9.17) is 21.1 Å². The van der Waals surface area contributed by atoms with Gasteiger partial charge in [0.1, 0.15) is 0 Å². The van der Waals surface area contributed by atoms with Gasteiger partial charge >= 0.3 is 0 Å². The number of rotatable bonds is 9. The summed E-state index contributed by atoms with van der Waals surface area (Å²) in [7, 11) is 1.59. The monoisotopic (exact) mass is 610 g/mol. The van der Waals surface area contributed by atoms with Crippen LogP contribution in [0.4, 0.5) is 11.4 Å². The zero-order valence-corrected chi connectivity index (χ0v) is 25.1. The van der Waals surface area contributed by atoms with Crippen molar-refractivity contribution in [2.45, 2.75) is 19.8 Å². The Balaban J connectivity index is 1.23. The maximum atomic E-state index is 13.3. The van der Waals surface area contributed by atoms with Crippen molar-refractivity contribution in [2.24, 2.45) is 5.10 Å². The molecule has 0 bridgehead atoms. The summed E-state index contributed by atoms with van der Waals surface area (Å²) >= 11 is 5.99. The maximum Gasteiger partial charge on any atom is 0.273 e. The van der Waals surface area contributed by atoms with Crippen LogP contribution in [0, 0.1) is 0 Å². The van der Waals surface area contributed by atoms with E-state index in [1.807, 2.05) is 25.1 Å². The summed E-state index contributed by atoms with van der Waals surface area (Å²) in [5.74, 6) is 0.335. The van der Waals surface area contributed by atoms with E-state index in [0.717, 1.165) is 24.1 Å². The van der Waals surface area contributed by atoms with Crippen molar-refractivity contribution in [3.63, 3.8) is 0 Å². The van der Waals surface area contributed by atoms with Gasteiger partial charge in [0.05, 0.1) is 19.4 Å². The first-order chi connectivity index (χ1) is 21.3. The van der Waals surface area contributed by atoms with Crippen LogP contribution in [0.15, 0.2) is 96.1 Å². The second-order valence-corrected chi connectivity index (χ2v) is 10.4. The molecule has 4 aromatic rings. The van der Waals surface area contributed by atoms with Crippen LogP contribution in [0.2, 0.25) is 5.02 Å². The fourth-order valence-electron chi connectivity index (χ4n) is 4.74. The smallest absolute Gasteiger partial charge is 0.273 e. The Kier molecular flexibility index (Phi) is 9.56.